The molecule has 178 valence electrons. The minimum Gasteiger partial charge on any atom is -0.236 e. The van der Waals surface area contributed by atoms with Gasteiger partial charge in [0.2, 0.25) is 0 Å². The molecule has 0 spiro atoms. The first kappa shape index (κ1) is 24.4. The van der Waals surface area contributed by atoms with Gasteiger partial charge in [0.05, 0.1) is 13.2 Å². The van der Waals surface area contributed by atoms with E-state index in [1.807, 2.05) is 52.0 Å². The molecule has 0 aromatic heterocycles. The molecule has 4 rings (SSSR count). The van der Waals surface area contributed by atoms with E-state index >= 15 is 0 Å². The summed E-state index contributed by atoms with van der Waals surface area (Å²) in [4.78, 5) is 22.5. The zero-order chi connectivity index (χ0) is 24.0. The molecule has 0 saturated heterocycles. The number of hydrogen-bond donors (Lipinski definition) is 0. The maximum absolute atomic E-state index is 5.75. The van der Waals surface area contributed by atoms with Gasteiger partial charge in [-0.05, 0) is 85.3 Å². The van der Waals surface area contributed by atoms with E-state index in [0.717, 1.165) is 24.0 Å². The number of fused-ring (bicyclic) bond motifs is 2. The molecule has 4 nitrogen and oxygen atoms in total. The quantitative estimate of drug-likeness (QED) is 0.130. The van der Waals surface area contributed by atoms with Crippen LogP contribution in [0.25, 0.3) is 21.5 Å². The van der Waals surface area contributed by atoms with E-state index in [1.165, 1.54) is 21.5 Å². The van der Waals surface area contributed by atoms with Gasteiger partial charge in [-0.3, -0.25) is 0 Å². The average Bonchev–Trinajstić information content (AvgIpc) is 2.85. The van der Waals surface area contributed by atoms with Crippen LogP contribution in [0.1, 0.15) is 51.7 Å². The van der Waals surface area contributed by atoms with E-state index in [1.54, 1.807) is 0 Å². The fourth-order valence-corrected chi connectivity index (χ4v) is 3.92. The smallest absolute Gasteiger partial charge is 0.123 e. The third-order valence-corrected chi connectivity index (χ3v) is 6.13. The summed E-state index contributed by atoms with van der Waals surface area (Å²) < 4.78 is 0. The minimum absolute atomic E-state index is 0.494. The minimum atomic E-state index is -0.534. The SMILES string of the molecule is CC(C)(OOCCCCOOC(C)(C)c1ccc2ccccc2c1)c1ccc2ccccc2c1. The lowest BCUT2D eigenvalue weighted by molar-refractivity contribution is -0.365. The van der Waals surface area contributed by atoms with Gasteiger partial charge in [-0.25, -0.2) is 19.6 Å². The normalized spacial score (nSPS) is 12.5. The monoisotopic (exact) mass is 458 g/mol. The van der Waals surface area contributed by atoms with Crippen molar-refractivity contribution >= 4 is 21.5 Å². The molecule has 0 amide bonds. The van der Waals surface area contributed by atoms with Gasteiger partial charge in [0.15, 0.2) is 0 Å². The fourth-order valence-electron chi connectivity index (χ4n) is 3.92. The first-order valence-corrected chi connectivity index (χ1v) is 11.9. The maximum atomic E-state index is 5.75. The van der Waals surface area contributed by atoms with E-state index in [0.29, 0.717) is 13.2 Å². The molecule has 34 heavy (non-hydrogen) atoms. The van der Waals surface area contributed by atoms with Crippen molar-refractivity contribution in [2.75, 3.05) is 13.2 Å². The van der Waals surface area contributed by atoms with Crippen LogP contribution in [-0.2, 0) is 30.8 Å². The van der Waals surface area contributed by atoms with Crippen molar-refractivity contribution in [1.82, 2.24) is 0 Å². The summed E-state index contributed by atoms with van der Waals surface area (Å²) in [6, 6.07) is 29.4. The molecule has 4 aromatic carbocycles. The largest absolute Gasteiger partial charge is 0.236 e. The second kappa shape index (κ2) is 10.7. The molecular formula is C30H34O4. The molecule has 0 unspecified atom stereocenters. The number of rotatable bonds is 11. The van der Waals surface area contributed by atoms with Crippen molar-refractivity contribution in [3.05, 3.63) is 96.1 Å². The molecule has 0 heterocycles. The zero-order valence-electron chi connectivity index (χ0n) is 20.5. The molecule has 0 bridgehead atoms. The predicted octanol–water partition coefficient (Wildman–Crippen LogP) is 7.84. The summed E-state index contributed by atoms with van der Waals surface area (Å²) in [5, 5.41) is 4.82. The fraction of sp³-hybridized carbons (Fsp3) is 0.333. The lowest BCUT2D eigenvalue weighted by atomic mass is 9.95. The van der Waals surface area contributed by atoms with Crippen LogP contribution in [0.5, 0.6) is 0 Å². The van der Waals surface area contributed by atoms with E-state index in [-0.39, 0.29) is 0 Å². The van der Waals surface area contributed by atoms with Crippen molar-refractivity contribution in [1.29, 1.82) is 0 Å². The van der Waals surface area contributed by atoms with E-state index in [2.05, 4.69) is 60.7 Å². The van der Waals surface area contributed by atoms with Crippen molar-refractivity contribution in [3.63, 3.8) is 0 Å². The lowest BCUT2D eigenvalue weighted by Gasteiger charge is -2.25. The lowest BCUT2D eigenvalue weighted by Crippen LogP contribution is -2.23. The molecular weight excluding hydrogens is 424 g/mol. The van der Waals surface area contributed by atoms with Gasteiger partial charge >= 0.3 is 0 Å². The van der Waals surface area contributed by atoms with E-state index in [9.17, 15) is 0 Å². The van der Waals surface area contributed by atoms with Crippen molar-refractivity contribution in [2.24, 2.45) is 0 Å². The Labute approximate surface area is 202 Å². The zero-order valence-corrected chi connectivity index (χ0v) is 20.5. The summed E-state index contributed by atoms with van der Waals surface area (Å²) in [5.74, 6) is 0. The third kappa shape index (κ3) is 6.02. The maximum Gasteiger partial charge on any atom is 0.123 e. The van der Waals surface area contributed by atoms with Crippen LogP contribution in [0, 0.1) is 0 Å². The Morgan fingerprint density at radius 1 is 0.500 bits per heavy atom. The van der Waals surface area contributed by atoms with Crippen LogP contribution in [0.15, 0.2) is 84.9 Å². The molecule has 0 radical (unpaired) electrons. The molecule has 0 aliphatic rings. The van der Waals surface area contributed by atoms with Gasteiger partial charge in [-0.2, -0.15) is 0 Å². The van der Waals surface area contributed by atoms with Crippen molar-refractivity contribution in [3.8, 4) is 0 Å². The summed E-state index contributed by atoms with van der Waals surface area (Å²) in [6.45, 7) is 9.06. The highest BCUT2D eigenvalue weighted by Gasteiger charge is 2.24. The molecule has 0 N–H and O–H groups in total. The van der Waals surface area contributed by atoms with Crippen LogP contribution in [-0.4, -0.2) is 13.2 Å². The highest BCUT2D eigenvalue weighted by Crippen LogP contribution is 2.29. The Hall–Kier alpha value is -2.76. The molecule has 0 fully saturated rings. The molecule has 0 atom stereocenters. The summed E-state index contributed by atoms with van der Waals surface area (Å²) >= 11 is 0. The highest BCUT2D eigenvalue weighted by molar-refractivity contribution is 5.83. The van der Waals surface area contributed by atoms with Gasteiger partial charge in [0.1, 0.15) is 11.2 Å². The second-order valence-corrected chi connectivity index (χ2v) is 9.66. The highest BCUT2D eigenvalue weighted by atomic mass is 17.2. The Morgan fingerprint density at radius 2 is 0.882 bits per heavy atom. The summed E-state index contributed by atoms with van der Waals surface area (Å²) in [6.07, 6.45) is 1.63. The molecule has 0 saturated carbocycles. The van der Waals surface area contributed by atoms with E-state index in [4.69, 9.17) is 19.6 Å². The predicted molar refractivity (Wildman–Crippen MR) is 137 cm³/mol. The Kier molecular flexibility index (Phi) is 7.64. The number of hydrogen-bond acceptors (Lipinski definition) is 4. The van der Waals surface area contributed by atoms with Gasteiger partial charge in [-0.15, -0.1) is 0 Å². The second-order valence-electron chi connectivity index (χ2n) is 9.66. The Morgan fingerprint density at radius 3 is 1.29 bits per heavy atom. The third-order valence-electron chi connectivity index (χ3n) is 6.13. The number of unbranched alkanes of at least 4 members (excludes halogenated alkanes) is 1. The summed E-state index contributed by atoms with van der Waals surface area (Å²) in [5.41, 5.74) is 1.10. The average molecular weight is 459 g/mol. The Bertz CT molecular complexity index is 1130. The van der Waals surface area contributed by atoms with Gasteiger partial charge < -0.3 is 0 Å². The van der Waals surface area contributed by atoms with Crippen LogP contribution in [0.2, 0.25) is 0 Å². The van der Waals surface area contributed by atoms with Gasteiger partial charge in [-0.1, -0.05) is 72.8 Å². The van der Waals surface area contributed by atoms with Crippen LogP contribution < -0.4 is 0 Å². The van der Waals surface area contributed by atoms with E-state index < -0.39 is 11.2 Å². The summed E-state index contributed by atoms with van der Waals surface area (Å²) in [7, 11) is 0. The standard InChI is InChI=1S/C30H34O4/c1-29(2,27-17-15-23-11-5-7-13-25(23)21-27)33-31-19-9-10-20-32-34-30(3,4)28-18-16-24-12-6-8-14-26(24)22-28/h5-8,11-18,21-22H,9-10,19-20H2,1-4H3. The van der Waals surface area contributed by atoms with Crippen LogP contribution in [0.4, 0.5) is 0 Å². The molecule has 4 aromatic rings. The first-order valence-electron chi connectivity index (χ1n) is 11.9. The first-order chi connectivity index (χ1) is 16.4. The van der Waals surface area contributed by atoms with Gasteiger partial charge in [0, 0.05) is 0 Å². The molecule has 4 heteroatoms. The van der Waals surface area contributed by atoms with Crippen LogP contribution in [0.3, 0.4) is 0 Å². The Balaban J connectivity index is 1.16. The topological polar surface area (TPSA) is 36.9 Å². The molecule has 0 aliphatic carbocycles. The number of benzene rings is 4. The molecule has 0 aliphatic heterocycles. The van der Waals surface area contributed by atoms with Crippen LogP contribution >= 0.6 is 0 Å². The van der Waals surface area contributed by atoms with Crippen molar-refractivity contribution in [2.45, 2.75) is 51.7 Å². The van der Waals surface area contributed by atoms with Gasteiger partial charge in [0.25, 0.3) is 0 Å². The van der Waals surface area contributed by atoms with Crippen molar-refractivity contribution < 1.29 is 19.6 Å².